The molecule has 0 saturated carbocycles. The summed E-state index contributed by atoms with van der Waals surface area (Å²) in [5.74, 6) is 0. The van der Waals surface area contributed by atoms with Gasteiger partial charge in [0.05, 0.1) is 17.6 Å². The van der Waals surface area contributed by atoms with Crippen LogP contribution >= 0.6 is 0 Å². The van der Waals surface area contributed by atoms with Crippen molar-refractivity contribution in [3.05, 3.63) is 18.0 Å². The molecule has 0 amide bonds. The van der Waals surface area contributed by atoms with E-state index in [2.05, 4.69) is 35.3 Å². The first kappa shape index (κ1) is 10.9. The maximum absolute atomic E-state index is 4.43. The summed E-state index contributed by atoms with van der Waals surface area (Å²) in [5, 5.41) is 8.90. The average molecular weight is 218 g/mol. The molecule has 2 aromatic heterocycles. The van der Waals surface area contributed by atoms with Gasteiger partial charge in [-0.25, -0.2) is 4.98 Å². The second kappa shape index (κ2) is 4.12. The number of pyridine rings is 1. The van der Waals surface area contributed by atoms with Crippen molar-refractivity contribution in [2.24, 2.45) is 7.05 Å². The number of nitrogens with zero attached hydrogens (tertiary/aromatic N) is 3. The van der Waals surface area contributed by atoms with Crippen LogP contribution in [0.25, 0.3) is 11.0 Å². The van der Waals surface area contributed by atoms with Gasteiger partial charge in [0.15, 0.2) is 5.65 Å². The Bertz CT molecular complexity index is 501. The molecule has 2 heterocycles. The first-order chi connectivity index (χ1) is 7.61. The van der Waals surface area contributed by atoms with Crippen LogP contribution in [0, 0.1) is 6.92 Å². The van der Waals surface area contributed by atoms with Gasteiger partial charge in [0, 0.05) is 18.5 Å². The van der Waals surface area contributed by atoms with E-state index in [4.69, 9.17) is 0 Å². The summed E-state index contributed by atoms with van der Waals surface area (Å²) in [6.45, 7) is 6.34. The summed E-state index contributed by atoms with van der Waals surface area (Å²) in [6.07, 6.45) is 2.97. The van der Waals surface area contributed by atoms with Gasteiger partial charge in [-0.2, -0.15) is 5.10 Å². The van der Waals surface area contributed by atoms with Crippen molar-refractivity contribution in [3.63, 3.8) is 0 Å². The maximum atomic E-state index is 4.43. The van der Waals surface area contributed by atoms with E-state index in [1.807, 2.05) is 24.9 Å². The summed E-state index contributed by atoms with van der Waals surface area (Å²) in [4.78, 5) is 4.43. The predicted octanol–water partition coefficient (Wildman–Crippen LogP) is 2.49. The molecule has 0 aliphatic heterocycles. The third-order valence-electron chi connectivity index (χ3n) is 2.89. The van der Waals surface area contributed by atoms with E-state index in [9.17, 15) is 0 Å². The fraction of sp³-hybridized carbons (Fsp3) is 0.500. The monoisotopic (exact) mass is 218 g/mol. The molecule has 0 aromatic carbocycles. The maximum Gasteiger partial charge on any atom is 0.157 e. The van der Waals surface area contributed by atoms with E-state index in [1.165, 1.54) is 0 Å². The van der Waals surface area contributed by atoms with E-state index < -0.39 is 0 Å². The van der Waals surface area contributed by atoms with Crippen LogP contribution in [0.15, 0.2) is 12.3 Å². The fourth-order valence-electron chi connectivity index (χ4n) is 1.77. The lowest BCUT2D eigenvalue weighted by Gasteiger charge is -2.12. The number of aromatic nitrogens is 3. The first-order valence-electron chi connectivity index (χ1n) is 5.67. The van der Waals surface area contributed by atoms with Crippen LogP contribution in [0.2, 0.25) is 0 Å². The summed E-state index contributed by atoms with van der Waals surface area (Å²) >= 11 is 0. The zero-order valence-corrected chi connectivity index (χ0v) is 10.3. The minimum Gasteiger partial charge on any atom is -0.381 e. The number of fused-ring (bicyclic) bond motifs is 1. The molecule has 0 spiro atoms. The van der Waals surface area contributed by atoms with Gasteiger partial charge in [-0.15, -0.1) is 0 Å². The number of rotatable bonds is 3. The highest BCUT2D eigenvalue weighted by atomic mass is 15.3. The van der Waals surface area contributed by atoms with Crippen LogP contribution in [-0.2, 0) is 7.05 Å². The lowest BCUT2D eigenvalue weighted by Crippen LogP contribution is -2.13. The van der Waals surface area contributed by atoms with Gasteiger partial charge in [0.2, 0.25) is 0 Å². The number of hydrogen-bond donors (Lipinski definition) is 1. The molecular formula is C12H18N4. The molecule has 0 bridgehead atoms. The number of nitrogens with one attached hydrogen (secondary N) is 1. The Morgan fingerprint density at radius 3 is 2.94 bits per heavy atom. The number of anilines is 1. The molecule has 1 atom stereocenters. The second-order valence-electron chi connectivity index (χ2n) is 4.26. The Labute approximate surface area is 95.7 Å². The molecule has 0 radical (unpaired) electrons. The molecule has 0 fully saturated rings. The normalized spacial score (nSPS) is 13.0. The molecule has 2 rings (SSSR count). The number of hydrogen-bond acceptors (Lipinski definition) is 3. The van der Waals surface area contributed by atoms with Crippen LogP contribution in [0.3, 0.4) is 0 Å². The topological polar surface area (TPSA) is 42.7 Å². The fourth-order valence-corrected chi connectivity index (χ4v) is 1.77. The Morgan fingerprint density at radius 1 is 1.50 bits per heavy atom. The molecular weight excluding hydrogens is 200 g/mol. The second-order valence-corrected chi connectivity index (χ2v) is 4.26. The van der Waals surface area contributed by atoms with E-state index >= 15 is 0 Å². The summed E-state index contributed by atoms with van der Waals surface area (Å²) in [7, 11) is 1.92. The molecule has 4 heteroatoms. The highest BCUT2D eigenvalue weighted by Crippen LogP contribution is 2.19. The molecule has 86 valence electrons. The van der Waals surface area contributed by atoms with Crippen molar-refractivity contribution < 1.29 is 0 Å². The van der Waals surface area contributed by atoms with Crippen LogP contribution in [0.5, 0.6) is 0 Å². The van der Waals surface area contributed by atoms with Gasteiger partial charge in [0.25, 0.3) is 0 Å². The zero-order valence-electron chi connectivity index (χ0n) is 10.3. The lowest BCUT2D eigenvalue weighted by atomic mass is 10.2. The predicted molar refractivity (Wildman–Crippen MR) is 66.6 cm³/mol. The highest BCUT2D eigenvalue weighted by Gasteiger charge is 2.07. The molecule has 1 unspecified atom stereocenters. The van der Waals surface area contributed by atoms with Gasteiger partial charge in [-0.3, -0.25) is 4.68 Å². The molecule has 2 aromatic rings. The molecule has 1 N–H and O–H groups in total. The van der Waals surface area contributed by atoms with E-state index in [0.717, 1.165) is 28.8 Å². The van der Waals surface area contributed by atoms with Gasteiger partial charge < -0.3 is 5.32 Å². The van der Waals surface area contributed by atoms with Crippen molar-refractivity contribution in [3.8, 4) is 0 Å². The van der Waals surface area contributed by atoms with E-state index in [0.29, 0.717) is 6.04 Å². The minimum absolute atomic E-state index is 0.469. The Kier molecular flexibility index (Phi) is 2.81. The zero-order chi connectivity index (χ0) is 11.7. The van der Waals surface area contributed by atoms with Crippen LogP contribution in [0.4, 0.5) is 5.69 Å². The first-order valence-corrected chi connectivity index (χ1v) is 5.67. The molecule has 4 nitrogen and oxygen atoms in total. The Balaban J connectivity index is 2.40. The largest absolute Gasteiger partial charge is 0.381 e. The highest BCUT2D eigenvalue weighted by molar-refractivity contribution is 5.81. The minimum atomic E-state index is 0.469. The molecule has 0 aliphatic rings. The Hall–Kier alpha value is -1.58. The van der Waals surface area contributed by atoms with Crippen LogP contribution < -0.4 is 5.32 Å². The van der Waals surface area contributed by atoms with E-state index in [1.54, 1.807) is 0 Å². The van der Waals surface area contributed by atoms with Gasteiger partial charge in [0.1, 0.15) is 0 Å². The SMILES string of the molecule is CCC(C)Nc1cnc2c(c1)c(C)nn2C. The summed E-state index contributed by atoms with van der Waals surface area (Å²) < 4.78 is 1.82. The molecule has 0 saturated heterocycles. The quantitative estimate of drug-likeness (QED) is 0.860. The van der Waals surface area contributed by atoms with Crippen molar-refractivity contribution >= 4 is 16.7 Å². The van der Waals surface area contributed by atoms with Crippen molar-refractivity contribution in [2.75, 3.05) is 5.32 Å². The summed E-state index contributed by atoms with van der Waals surface area (Å²) in [5.41, 5.74) is 3.03. The lowest BCUT2D eigenvalue weighted by molar-refractivity contribution is 0.762. The Morgan fingerprint density at radius 2 is 2.25 bits per heavy atom. The van der Waals surface area contributed by atoms with Crippen molar-refractivity contribution in [1.29, 1.82) is 0 Å². The van der Waals surface area contributed by atoms with Crippen molar-refractivity contribution in [2.45, 2.75) is 33.2 Å². The average Bonchev–Trinajstić information content (AvgIpc) is 2.54. The van der Waals surface area contributed by atoms with Gasteiger partial charge in [-0.05, 0) is 26.3 Å². The number of aryl methyl sites for hydroxylation is 2. The molecule has 16 heavy (non-hydrogen) atoms. The third kappa shape index (κ3) is 1.87. The van der Waals surface area contributed by atoms with Gasteiger partial charge in [-0.1, -0.05) is 6.92 Å². The van der Waals surface area contributed by atoms with Crippen LogP contribution in [-0.4, -0.2) is 20.8 Å². The molecule has 0 aliphatic carbocycles. The smallest absolute Gasteiger partial charge is 0.157 e. The summed E-state index contributed by atoms with van der Waals surface area (Å²) in [6, 6.07) is 2.59. The standard InChI is InChI=1S/C12H18N4/c1-5-8(2)14-10-6-11-9(3)15-16(4)12(11)13-7-10/h6-8,14H,5H2,1-4H3. The van der Waals surface area contributed by atoms with E-state index in [-0.39, 0.29) is 0 Å². The van der Waals surface area contributed by atoms with Gasteiger partial charge >= 0.3 is 0 Å². The third-order valence-corrected chi connectivity index (χ3v) is 2.89. The van der Waals surface area contributed by atoms with Crippen LogP contribution in [0.1, 0.15) is 26.0 Å². The van der Waals surface area contributed by atoms with Crippen molar-refractivity contribution in [1.82, 2.24) is 14.8 Å².